The number of nitrogens with zero attached hydrogens (tertiary/aromatic N) is 4. The smallest absolute Gasteiger partial charge is 0.340 e. The van der Waals surface area contributed by atoms with E-state index in [1.165, 1.54) is 55.1 Å². The van der Waals surface area contributed by atoms with Gasteiger partial charge in [-0.05, 0) is 31.1 Å². The predicted octanol–water partition coefficient (Wildman–Crippen LogP) is 4.06. The molecule has 0 amide bonds. The molecule has 3 fully saturated rings. The molecule has 3 atom stereocenters. The maximum atomic E-state index is 4.81. The zero-order valence-electron chi connectivity index (χ0n) is 17.0. The van der Waals surface area contributed by atoms with Crippen molar-refractivity contribution in [2.45, 2.75) is 42.4 Å². The summed E-state index contributed by atoms with van der Waals surface area (Å²) in [7, 11) is 0. The first kappa shape index (κ1) is 18.5. The quantitative estimate of drug-likeness (QED) is 0.490. The van der Waals surface area contributed by atoms with Crippen molar-refractivity contribution in [2.24, 2.45) is 11.8 Å². The number of aromatic amines is 1. The SMILES string of the molecule is c1nc2nc(Nc3ccc(N4CC[Se]CC4)cc3)nc(N[C@@H]3C[C@H]4CC[C@@H]3C4)c2[nH]1. The van der Waals surface area contributed by atoms with Gasteiger partial charge in [-0.1, -0.05) is 6.42 Å². The molecule has 7 nitrogen and oxygen atoms in total. The van der Waals surface area contributed by atoms with Gasteiger partial charge in [0.2, 0.25) is 0 Å². The van der Waals surface area contributed by atoms with Gasteiger partial charge in [0.1, 0.15) is 0 Å². The van der Waals surface area contributed by atoms with Crippen molar-refractivity contribution < 1.29 is 0 Å². The molecule has 3 aromatic rings. The molecule has 2 aromatic heterocycles. The fraction of sp³-hybridized carbons (Fsp3) is 0.500. The Balaban J connectivity index is 1.22. The van der Waals surface area contributed by atoms with E-state index in [4.69, 9.17) is 4.98 Å². The first-order chi connectivity index (χ1) is 14.8. The van der Waals surface area contributed by atoms with Gasteiger partial charge in [-0.25, -0.2) is 0 Å². The maximum absolute atomic E-state index is 4.81. The molecule has 2 saturated carbocycles. The van der Waals surface area contributed by atoms with E-state index in [9.17, 15) is 0 Å². The zero-order chi connectivity index (χ0) is 19.9. The first-order valence-corrected chi connectivity index (χ1v) is 13.4. The van der Waals surface area contributed by atoms with Gasteiger partial charge in [0.05, 0.1) is 6.33 Å². The van der Waals surface area contributed by atoms with E-state index in [1.54, 1.807) is 6.33 Å². The van der Waals surface area contributed by atoms with Gasteiger partial charge < -0.3 is 4.98 Å². The molecule has 156 valence electrons. The Labute approximate surface area is 182 Å². The van der Waals surface area contributed by atoms with Crippen LogP contribution in [0.25, 0.3) is 11.2 Å². The second kappa shape index (κ2) is 7.74. The normalized spacial score (nSPS) is 25.7. The summed E-state index contributed by atoms with van der Waals surface area (Å²) in [6, 6.07) is 9.15. The van der Waals surface area contributed by atoms with E-state index in [0.717, 1.165) is 43.8 Å². The molecule has 3 N–H and O–H groups in total. The average molecular weight is 468 g/mol. The fourth-order valence-electron chi connectivity index (χ4n) is 5.30. The summed E-state index contributed by atoms with van der Waals surface area (Å²) >= 11 is 0.837. The predicted molar refractivity (Wildman–Crippen MR) is 122 cm³/mol. The van der Waals surface area contributed by atoms with Gasteiger partial charge in [0, 0.05) is 6.04 Å². The summed E-state index contributed by atoms with van der Waals surface area (Å²) < 4.78 is 0. The van der Waals surface area contributed by atoms with Crippen LogP contribution in [0.5, 0.6) is 0 Å². The zero-order valence-corrected chi connectivity index (χ0v) is 18.7. The Morgan fingerprint density at radius 2 is 1.90 bits per heavy atom. The van der Waals surface area contributed by atoms with Crippen LogP contribution in [0.1, 0.15) is 25.7 Å². The van der Waals surface area contributed by atoms with E-state index in [-0.39, 0.29) is 0 Å². The van der Waals surface area contributed by atoms with Crippen molar-refractivity contribution in [2.75, 3.05) is 28.6 Å². The van der Waals surface area contributed by atoms with Crippen LogP contribution in [0.15, 0.2) is 30.6 Å². The average Bonchev–Trinajstić information content (AvgIpc) is 3.52. The molecule has 1 aromatic carbocycles. The van der Waals surface area contributed by atoms with E-state index >= 15 is 0 Å². The third-order valence-electron chi connectivity index (χ3n) is 6.85. The van der Waals surface area contributed by atoms with Gasteiger partial charge >= 0.3 is 128 Å². The minimum Gasteiger partial charge on any atom is -0.340 e. The van der Waals surface area contributed by atoms with Gasteiger partial charge in [0.15, 0.2) is 0 Å². The van der Waals surface area contributed by atoms with Crippen LogP contribution >= 0.6 is 0 Å². The third-order valence-corrected chi connectivity index (χ3v) is 8.82. The Morgan fingerprint density at radius 3 is 2.67 bits per heavy atom. The molecule has 1 saturated heterocycles. The molecule has 0 radical (unpaired) electrons. The monoisotopic (exact) mass is 469 g/mol. The number of hydrogen-bond acceptors (Lipinski definition) is 6. The van der Waals surface area contributed by atoms with Crippen molar-refractivity contribution in [3.8, 4) is 0 Å². The molecule has 3 aliphatic rings. The summed E-state index contributed by atoms with van der Waals surface area (Å²) in [6.07, 6.45) is 7.06. The van der Waals surface area contributed by atoms with Crippen LogP contribution in [-0.4, -0.2) is 54.0 Å². The van der Waals surface area contributed by atoms with Crippen molar-refractivity contribution >= 4 is 49.3 Å². The Bertz CT molecular complexity index is 1030. The summed E-state index contributed by atoms with van der Waals surface area (Å²) in [5.41, 5.74) is 3.90. The molecule has 30 heavy (non-hydrogen) atoms. The number of anilines is 4. The molecule has 3 heterocycles. The van der Waals surface area contributed by atoms with Crippen molar-refractivity contribution in [1.82, 2.24) is 19.9 Å². The first-order valence-electron chi connectivity index (χ1n) is 11.0. The van der Waals surface area contributed by atoms with Gasteiger partial charge in [0.25, 0.3) is 0 Å². The second-order valence-corrected chi connectivity index (χ2v) is 11.3. The number of hydrogen-bond donors (Lipinski definition) is 3. The Kier molecular flexibility index (Phi) is 4.77. The third kappa shape index (κ3) is 3.52. The summed E-state index contributed by atoms with van der Waals surface area (Å²) in [5, 5.41) is 9.80. The molecule has 2 aliphatic carbocycles. The van der Waals surface area contributed by atoms with Crippen LogP contribution in [0.3, 0.4) is 0 Å². The molecular formula is C22H27N7Se. The van der Waals surface area contributed by atoms with E-state index in [1.807, 2.05) is 0 Å². The molecule has 1 aliphatic heterocycles. The number of aromatic nitrogens is 4. The number of fused-ring (bicyclic) bond motifs is 3. The van der Waals surface area contributed by atoms with Gasteiger partial charge in [-0.3, -0.25) is 0 Å². The Morgan fingerprint density at radius 1 is 1.03 bits per heavy atom. The van der Waals surface area contributed by atoms with Crippen LogP contribution in [0.4, 0.5) is 23.1 Å². The van der Waals surface area contributed by atoms with E-state index < -0.39 is 0 Å². The number of imidazole rings is 1. The molecule has 0 unspecified atom stereocenters. The van der Waals surface area contributed by atoms with E-state index in [2.05, 4.69) is 54.8 Å². The van der Waals surface area contributed by atoms with Crippen LogP contribution in [-0.2, 0) is 0 Å². The molecule has 2 bridgehead atoms. The van der Waals surface area contributed by atoms with Crippen molar-refractivity contribution in [1.29, 1.82) is 0 Å². The minimum atomic E-state index is 0.517. The topological polar surface area (TPSA) is 81.8 Å². The fourth-order valence-corrected chi connectivity index (χ4v) is 7.19. The van der Waals surface area contributed by atoms with Crippen molar-refractivity contribution in [3.63, 3.8) is 0 Å². The van der Waals surface area contributed by atoms with Gasteiger partial charge in [-0.2, -0.15) is 0 Å². The summed E-state index contributed by atoms with van der Waals surface area (Å²) in [5.74, 6) is 3.13. The molecule has 0 spiro atoms. The van der Waals surface area contributed by atoms with Crippen LogP contribution in [0.2, 0.25) is 10.6 Å². The molecule has 6 rings (SSSR count). The standard InChI is InChI=1S/C22H27N7Se/c1-2-15-11-14(1)12-18(15)26-21-19-20(24-13-23-19)27-22(28-21)25-16-3-5-17(6-4-16)29-7-9-30-10-8-29/h3-6,13-15,18H,1-2,7-12H2,(H3,23,24,25,26,27,28)/t14-,15+,18+/m0/s1. The van der Waals surface area contributed by atoms with E-state index in [0.29, 0.717) is 17.6 Å². The summed E-state index contributed by atoms with van der Waals surface area (Å²) in [6.45, 7) is 2.37. The van der Waals surface area contributed by atoms with Crippen LogP contribution < -0.4 is 15.5 Å². The van der Waals surface area contributed by atoms with Gasteiger partial charge in [-0.15, -0.1) is 0 Å². The number of benzene rings is 1. The number of H-pyrrole nitrogens is 1. The number of nitrogens with one attached hydrogen (secondary N) is 3. The summed E-state index contributed by atoms with van der Waals surface area (Å²) in [4.78, 5) is 19.5. The minimum absolute atomic E-state index is 0.517. The number of rotatable bonds is 5. The van der Waals surface area contributed by atoms with Crippen LogP contribution in [0, 0.1) is 11.8 Å². The second-order valence-electron chi connectivity index (χ2n) is 8.69. The molecule has 8 heteroatoms. The van der Waals surface area contributed by atoms with Crippen molar-refractivity contribution in [3.05, 3.63) is 30.6 Å². The Hall–Kier alpha value is -2.31. The molecular weight excluding hydrogens is 441 g/mol.